The van der Waals surface area contributed by atoms with E-state index in [-0.39, 0.29) is 24.0 Å². The summed E-state index contributed by atoms with van der Waals surface area (Å²) in [5, 5.41) is 9.22. The standard InChI is InChI=1S/C18H32N4S.HI/c1-14(2)13-22-9-7-16(8-10-22)21-18(19-4)20-12-15(3)17-6-5-11-23-17;/h5-6,11,14-16H,7-10,12-13H2,1-4H3,(H2,19,20,21);1H. The van der Waals surface area contributed by atoms with Crippen LogP contribution in [0, 0.1) is 5.92 Å². The molecule has 0 bridgehead atoms. The largest absolute Gasteiger partial charge is 0.356 e. The summed E-state index contributed by atoms with van der Waals surface area (Å²) in [5.41, 5.74) is 0. The maximum absolute atomic E-state index is 4.39. The topological polar surface area (TPSA) is 39.7 Å². The molecule has 0 radical (unpaired) electrons. The van der Waals surface area contributed by atoms with Gasteiger partial charge in [-0.05, 0) is 30.2 Å². The third-order valence-electron chi connectivity index (χ3n) is 4.38. The van der Waals surface area contributed by atoms with Crippen LogP contribution in [0.15, 0.2) is 22.5 Å². The molecule has 6 heteroatoms. The summed E-state index contributed by atoms with van der Waals surface area (Å²) in [7, 11) is 1.86. The van der Waals surface area contributed by atoms with Gasteiger partial charge in [0.15, 0.2) is 5.96 Å². The Balaban J connectivity index is 0.00000288. The smallest absolute Gasteiger partial charge is 0.191 e. The van der Waals surface area contributed by atoms with E-state index in [1.165, 1.54) is 37.4 Å². The maximum Gasteiger partial charge on any atom is 0.191 e. The van der Waals surface area contributed by atoms with E-state index < -0.39 is 0 Å². The van der Waals surface area contributed by atoms with Gasteiger partial charge in [-0.3, -0.25) is 4.99 Å². The van der Waals surface area contributed by atoms with E-state index in [4.69, 9.17) is 0 Å². The summed E-state index contributed by atoms with van der Waals surface area (Å²) in [6, 6.07) is 4.87. The molecular weight excluding hydrogens is 431 g/mol. The number of nitrogens with zero attached hydrogens (tertiary/aromatic N) is 2. The first-order valence-electron chi connectivity index (χ1n) is 8.81. The summed E-state index contributed by atoms with van der Waals surface area (Å²) < 4.78 is 0. The van der Waals surface area contributed by atoms with Crippen LogP contribution < -0.4 is 10.6 Å². The van der Waals surface area contributed by atoms with Gasteiger partial charge in [-0.2, -0.15) is 0 Å². The molecule has 0 spiro atoms. The minimum atomic E-state index is 0. The van der Waals surface area contributed by atoms with Crippen LogP contribution in [-0.4, -0.2) is 50.1 Å². The number of halogens is 1. The van der Waals surface area contributed by atoms with Crippen molar-refractivity contribution in [2.75, 3.05) is 33.2 Å². The second-order valence-electron chi connectivity index (χ2n) is 6.98. The fourth-order valence-electron chi connectivity index (χ4n) is 3.09. The predicted octanol–water partition coefficient (Wildman–Crippen LogP) is 3.76. The molecule has 1 unspecified atom stereocenters. The van der Waals surface area contributed by atoms with Gasteiger partial charge in [0.25, 0.3) is 0 Å². The van der Waals surface area contributed by atoms with E-state index in [1.807, 2.05) is 18.4 Å². The Hall–Kier alpha value is -0.340. The Morgan fingerprint density at radius 2 is 2.04 bits per heavy atom. The Bertz CT molecular complexity index is 467. The van der Waals surface area contributed by atoms with Gasteiger partial charge in [-0.15, -0.1) is 35.3 Å². The van der Waals surface area contributed by atoms with Gasteiger partial charge in [0.2, 0.25) is 0 Å². The van der Waals surface area contributed by atoms with E-state index in [2.05, 4.69) is 58.8 Å². The van der Waals surface area contributed by atoms with E-state index >= 15 is 0 Å². The first kappa shape index (κ1) is 21.7. The molecule has 1 aromatic rings. The maximum atomic E-state index is 4.39. The molecule has 4 nitrogen and oxygen atoms in total. The number of hydrogen-bond acceptors (Lipinski definition) is 3. The lowest BCUT2D eigenvalue weighted by Gasteiger charge is -2.34. The second kappa shape index (κ2) is 11.3. The number of guanidine groups is 1. The quantitative estimate of drug-likeness (QED) is 0.383. The fourth-order valence-corrected chi connectivity index (χ4v) is 3.87. The highest BCUT2D eigenvalue weighted by molar-refractivity contribution is 14.0. The molecule has 2 heterocycles. The average Bonchev–Trinajstić information content (AvgIpc) is 3.06. The van der Waals surface area contributed by atoms with Crippen LogP contribution in [0.3, 0.4) is 0 Å². The Morgan fingerprint density at radius 3 is 2.58 bits per heavy atom. The van der Waals surface area contributed by atoms with Gasteiger partial charge >= 0.3 is 0 Å². The molecule has 138 valence electrons. The van der Waals surface area contributed by atoms with Crippen molar-refractivity contribution in [3.63, 3.8) is 0 Å². The van der Waals surface area contributed by atoms with Crippen molar-refractivity contribution in [3.05, 3.63) is 22.4 Å². The summed E-state index contributed by atoms with van der Waals surface area (Å²) in [4.78, 5) is 8.39. The van der Waals surface area contributed by atoms with Gasteiger partial charge in [-0.25, -0.2) is 0 Å². The summed E-state index contributed by atoms with van der Waals surface area (Å²) in [6.45, 7) is 11.4. The minimum absolute atomic E-state index is 0. The number of likely N-dealkylation sites (tertiary alicyclic amines) is 1. The molecule has 0 amide bonds. The van der Waals surface area contributed by atoms with E-state index in [0.717, 1.165) is 18.4 Å². The third-order valence-corrected chi connectivity index (χ3v) is 5.48. The Morgan fingerprint density at radius 1 is 1.33 bits per heavy atom. The molecule has 2 N–H and O–H groups in total. The number of hydrogen-bond donors (Lipinski definition) is 2. The van der Waals surface area contributed by atoms with Crippen LogP contribution in [-0.2, 0) is 0 Å². The Labute approximate surface area is 168 Å². The van der Waals surface area contributed by atoms with Crippen LogP contribution in [0.1, 0.15) is 44.4 Å². The zero-order valence-corrected chi connectivity index (χ0v) is 18.6. The van der Waals surface area contributed by atoms with Crippen molar-refractivity contribution >= 4 is 41.3 Å². The summed E-state index contributed by atoms with van der Waals surface area (Å²) in [5.74, 6) is 2.21. The van der Waals surface area contributed by atoms with Crippen LogP contribution in [0.25, 0.3) is 0 Å². The molecule has 2 rings (SSSR count). The molecule has 1 aliphatic heterocycles. The lowest BCUT2D eigenvalue weighted by molar-refractivity contribution is 0.187. The molecule has 24 heavy (non-hydrogen) atoms. The Kier molecular flexibility index (Phi) is 10.2. The first-order valence-corrected chi connectivity index (χ1v) is 9.69. The third kappa shape index (κ3) is 7.27. The lowest BCUT2D eigenvalue weighted by atomic mass is 10.0. The van der Waals surface area contributed by atoms with Crippen molar-refractivity contribution in [1.82, 2.24) is 15.5 Å². The zero-order chi connectivity index (χ0) is 16.7. The highest BCUT2D eigenvalue weighted by atomic mass is 127. The predicted molar refractivity (Wildman–Crippen MR) is 117 cm³/mol. The average molecular weight is 464 g/mol. The molecule has 1 saturated heterocycles. The van der Waals surface area contributed by atoms with Crippen molar-refractivity contribution in [1.29, 1.82) is 0 Å². The first-order chi connectivity index (χ1) is 11.1. The van der Waals surface area contributed by atoms with Crippen molar-refractivity contribution in [2.24, 2.45) is 10.9 Å². The SMILES string of the molecule is CN=C(NCC(C)c1cccs1)NC1CCN(CC(C)C)CC1.I. The summed E-state index contributed by atoms with van der Waals surface area (Å²) >= 11 is 1.83. The van der Waals surface area contributed by atoms with Crippen LogP contribution in [0.4, 0.5) is 0 Å². The lowest BCUT2D eigenvalue weighted by Crippen LogP contribution is -2.49. The number of rotatable bonds is 6. The van der Waals surface area contributed by atoms with E-state index in [9.17, 15) is 0 Å². The number of aliphatic imine (C=N–C) groups is 1. The van der Waals surface area contributed by atoms with Crippen molar-refractivity contribution in [3.8, 4) is 0 Å². The van der Waals surface area contributed by atoms with Crippen LogP contribution >= 0.6 is 35.3 Å². The number of piperidine rings is 1. The molecule has 0 aliphatic carbocycles. The van der Waals surface area contributed by atoms with Gasteiger partial charge < -0.3 is 15.5 Å². The minimum Gasteiger partial charge on any atom is -0.356 e. The van der Waals surface area contributed by atoms with Gasteiger partial charge in [0, 0.05) is 50.1 Å². The van der Waals surface area contributed by atoms with Gasteiger partial charge in [0.1, 0.15) is 0 Å². The normalized spacial score (nSPS) is 18.3. The van der Waals surface area contributed by atoms with Crippen LogP contribution in [0.5, 0.6) is 0 Å². The summed E-state index contributed by atoms with van der Waals surface area (Å²) in [6.07, 6.45) is 2.40. The number of nitrogens with one attached hydrogen (secondary N) is 2. The van der Waals surface area contributed by atoms with Gasteiger partial charge in [0.05, 0.1) is 0 Å². The van der Waals surface area contributed by atoms with E-state index in [0.29, 0.717) is 12.0 Å². The van der Waals surface area contributed by atoms with Gasteiger partial charge in [-0.1, -0.05) is 26.8 Å². The zero-order valence-electron chi connectivity index (χ0n) is 15.4. The van der Waals surface area contributed by atoms with E-state index in [1.54, 1.807) is 0 Å². The van der Waals surface area contributed by atoms with Crippen molar-refractivity contribution in [2.45, 2.75) is 45.6 Å². The molecule has 1 atom stereocenters. The molecule has 1 aliphatic rings. The number of thiophene rings is 1. The monoisotopic (exact) mass is 464 g/mol. The fraction of sp³-hybridized carbons (Fsp3) is 0.722. The molecule has 1 aromatic heterocycles. The highest BCUT2D eigenvalue weighted by Gasteiger charge is 2.20. The molecular formula is C18H33IN4S. The van der Waals surface area contributed by atoms with Crippen LogP contribution in [0.2, 0.25) is 0 Å². The van der Waals surface area contributed by atoms with Crippen molar-refractivity contribution < 1.29 is 0 Å². The molecule has 0 saturated carbocycles. The molecule has 1 fully saturated rings. The highest BCUT2D eigenvalue weighted by Crippen LogP contribution is 2.19. The molecule has 0 aromatic carbocycles. The second-order valence-corrected chi connectivity index (χ2v) is 7.96.